The maximum absolute atomic E-state index is 5.30. The predicted octanol–water partition coefficient (Wildman–Crippen LogP) is 14.5. The molecule has 0 unspecified atom stereocenters. The van der Waals surface area contributed by atoms with Crippen LogP contribution >= 0.6 is 95.6 Å². The molecule has 6 aromatic carbocycles. The minimum atomic E-state index is 0.443. The molecule has 12 heteroatoms. The van der Waals surface area contributed by atoms with Gasteiger partial charge in [-0.15, -0.1) is 0 Å². The highest BCUT2D eigenvalue weighted by Crippen LogP contribution is 2.40. The molecule has 0 radical (unpaired) electrons. The molecule has 0 bridgehead atoms. The molecule has 0 spiro atoms. The van der Waals surface area contributed by atoms with Crippen LogP contribution in [0.1, 0.15) is 0 Å². The van der Waals surface area contributed by atoms with Crippen LogP contribution in [0.2, 0.25) is 0 Å². The van der Waals surface area contributed by atoms with Crippen LogP contribution in [0.25, 0.3) is 27.8 Å². The zero-order valence-corrected chi connectivity index (χ0v) is 35.7. The number of rotatable bonds is 7. The fourth-order valence-electron chi connectivity index (χ4n) is 5.94. The first kappa shape index (κ1) is 34.7. The molecule has 8 aromatic rings. The average Bonchev–Trinajstić information content (AvgIpc) is 3.44. The van der Waals surface area contributed by atoms with Crippen molar-refractivity contribution in [2.45, 2.75) is 0 Å². The highest BCUT2D eigenvalue weighted by atomic mass is 79.9. The summed E-state index contributed by atoms with van der Waals surface area (Å²) < 4.78 is 7.89. The van der Waals surface area contributed by atoms with Gasteiger partial charge in [0.05, 0.1) is 11.0 Å². The third kappa shape index (κ3) is 7.06. The quantitative estimate of drug-likeness (QED) is 0.159. The number of anilines is 6. The Morgan fingerprint density at radius 2 is 0.647 bits per heavy atom. The number of hydrogen-bond donors (Lipinski definition) is 0. The Balaban J connectivity index is 1.48. The molecule has 0 saturated heterocycles. The summed E-state index contributed by atoms with van der Waals surface area (Å²) >= 11 is 21.9. The highest BCUT2D eigenvalue weighted by molar-refractivity contribution is 9.11. The lowest BCUT2D eigenvalue weighted by molar-refractivity contribution is 0.914. The van der Waals surface area contributed by atoms with Gasteiger partial charge in [0, 0.05) is 60.4 Å². The first-order valence-corrected chi connectivity index (χ1v) is 20.3. The van der Waals surface area contributed by atoms with Gasteiger partial charge in [-0.05, 0) is 121 Å². The van der Waals surface area contributed by atoms with Crippen molar-refractivity contribution in [3.05, 3.63) is 160 Å². The standard InChI is InChI=1S/C39H22Br6N6/c40-23-1-11-29(12-2-23)49(30-13-3-24(41)4-14-30)37-46-38(50(31-15-5-25(42)6-16-31)32-17-7-26(43)8-18-32)48-39(47-37)51-35-21-27(44)9-19-33(35)34-20-10-28(45)22-36(34)51/h1-22H. The van der Waals surface area contributed by atoms with Crippen LogP contribution in [0, 0.1) is 0 Å². The van der Waals surface area contributed by atoms with Crippen LogP contribution in [-0.4, -0.2) is 19.5 Å². The van der Waals surface area contributed by atoms with Gasteiger partial charge in [0.2, 0.25) is 17.8 Å². The van der Waals surface area contributed by atoms with Crippen LogP contribution in [0.4, 0.5) is 34.6 Å². The summed E-state index contributed by atoms with van der Waals surface area (Å²) in [6.45, 7) is 0. The third-order valence-electron chi connectivity index (χ3n) is 8.23. The van der Waals surface area contributed by atoms with Crippen molar-refractivity contribution in [2.24, 2.45) is 0 Å². The van der Waals surface area contributed by atoms with E-state index in [-0.39, 0.29) is 0 Å². The fraction of sp³-hybridized carbons (Fsp3) is 0. The van der Waals surface area contributed by atoms with Gasteiger partial charge in [0.1, 0.15) is 0 Å². The Morgan fingerprint density at radius 3 is 0.961 bits per heavy atom. The normalized spacial score (nSPS) is 11.3. The van der Waals surface area contributed by atoms with Gasteiger partial charge in [0.25, 0.3) is 0 Å². The van der Waals surface area contributed by atoms with Gasteiger partial charge in [0.15, 0.2) is 0 Å². The van der Waals surface area contributed by atoms with E-state index >= 15 is 0 Å². The number of benzene rings is 6. The molecule has 0 N–H and O–H groups in total. The average molecular weight is 1050 g/mol. The number of aromatic nitrogens is 4. The van der Waals surface area contributed by atoms with Crippen LogP contribution in [-0.2, 0) is 0 Å². The van der Waals surface area contributed by atoms with E-state index in [1.165, 1.54) is 0 Å². The van der Waals surface area contributed by atoms with Gasteiger partial charge in [-0.2, -0.15) is 15.0 Å². The van der Waals surface area contributed by atoms with E-state index in [1.54, 1.807) is 0 Å². The lowest BCUT2D eigenvalue weighted by Gasteiger charge is -2.27. The Morgan fingerprint density at radius 1 is 0.353 bits per heavy atom. The highest BCUT2D eigenvalue weighted by Gasteiger charge is 2.25. The van der Waals surface area contributed by atoms with E-state index in [4.69, 9.17) is 15.0 Å². The molecule has 0 amide bonds. The third-order valence-corrected chi connectivity index (χ3v) is 11.3. The van der Waals surface area contributed by atoms with Crippen molar-refractivity contribution in [3.63, 3.8) is 0 Å². The summed E-state index contributed by atoms with van der Waals surface area (Å²) in [5.74, 6) is 1.35. The minimum Gasteiger partial charge on any atom is -0.279 e. The molecule has 0 fully saturated rings. The Labute approximate surface area is 344 Å². The van der Waals surface area contributed by atoms with Gasteiger partial charge < -0.3 is 0 Å². The van der Waals surface area contributed by atoms with Crippen molar-refractivity contribution in [1.29, 1.82) is 0 Å². The zero-order valence-electron chi connectivity index (χ0n) is 26.2. The van der Waals surface area contributed by atoms with E-state index in [2.05, 4.69) is 146 Å². The predicted molar refractivity (Wildman–Crippen MR) is 230 cm³/mol. The Kier molecular flexibility index (Phi) is 9.90. The van der Waals surface area contributed by atoms with E-state index in [0.29, 0.717) is 17.8 Å². The van der Waals surface area contributed by atoms with Crippen molar-refractivity contribution >= 4 is 152 Å². The molecule has 6 nitrogen and oxygen atoms in total. The molecule has 250 valence electrons. The summed E-state index contributed by atoms with van der Waals surface area (Å²) in [6.07, 6.45) is 0. The Bertz CT molecular complexity index is 2280. The fourth-order valence-corrected chi connectivity index (χ4v) is 7.70. The lowest BCUT2D eigenvalue weighted by atomic mass is 10.2. The second kappa shape index (κ2) is 14.6. The van der Waals surface area contributed by atoms with Crippen molar-refractivity contribution in [3.8, 4) is 5.95 Å². The van der Waals surface area contributed by atoms with Crippen LogP contribution in [0.5, 0.6) is 0 Å². The Hall–Kier alpha value is -3.39. The SMILES string of the molecule is Brc1ccc(N(c2ccc(Br)cc2)c2nc(N(c3ccc(Br)cc3)c3ccc(Br)cc3)nc(-n3c4cc(Br)ccc4c4ccc(Br)cc43)n2)cc1. The molecule has 51 heavy (non-hydrogen) atoms. The van der Waals surface area contributed by atoms with Gasteiger partial charge in [-0.25, -0.2) is 0 Å². The second-order valence-corrected chi connectivity index (χ2v) is 17.0. The lowest BCUT2D eigenvalue weighted by Crippen LogP contribution is -2.20. The molecule has 2 heterocycles. The molecule has 0 aliphatic carbocycles. The molecule has 0 saturated carbocycles. The van der Waals surface area contributed by atoms with E-state index < -0.39 is 0 Å². The number of hydrogen-bond acceptors (Lipinski definition) is 5. The molecule has 0 atom stereocenters. The van der Waals surface area contributed by atoms with Crippen molar-refractivity contribution < 1.29 is 0 Å². The summed E-state index contributed by atoms with van der Waals surface area (Å²) in [5.41, 5.74) is 5.45. The summed E-state index contributed by atoms with van der Waals surface area (Å²) in [7, 11) is 0. The first-order valence-electron chi connectivity index (χ1n) is 15.5. The number of fused-ring (bicyclic) bond motifs is 3. The first-order chi connectivity index (χ1) is 24.7. The van der Waals surface area contributed by atoms with Gasteiger partial charge >= 0.3 is 0 Å². The molecule has 8 rings (SSSR count). The number of halogens is 6. The zero-order chi connectivity index (χ0) is 35.2. The molecule has 0 aliphatic rings. The van der Waals surface area contributed by atoms with Crippen LogP contribution in [0.3, 0.4) is 0 Å². The summed E-state index contributed by atoms with van der Waals surface area (Å²) in [4.78, 5) is 20.0. The molecular weight excluding hydrogens is 1030 g/mol. The largest absolute Gasteiger partial charge is 0.279 e. The summed E-state index contributed by atoms with van der Waals surface area (Å²) in [5, 5.41) is 2.17. The maximum Gasteiger partial charge on any atom is 0.241 e. The van der Waals surface area contributed by atoms with Crippen LogP contribution < -0.4 is 9.80 Å². The monoisotopic (exact) mass is 1050 g/mol. The van der Waals surface area contributed by atoms with Crippen LogP contribution in [0.15, 0.2) is 160 Å². The van der Waals surface area contributed by atoms with Gasteiger partial charge in [-0.1, -0.05) is 108 Å². The molecular formula is C39H22Br6N6. The summed E-state index contributed by atoms with van der Waals surface area (Å²) in [6, 6.07) is 45.1. The van der Waals surface area contributed by atoms with Crippen molar-refractivity contribution in [2.75, 3.05) is 9.80 Å². The van der Waals surface area contributed by atoms with E-state index in [0.717, 1.165) is 71.4 Å². The van der Waals surface area contributed by atoms with E-state index in [9.17, 15) is 0 Å². The maximum atomic E-state index is 5.30. The number of nitrogens with zero attached hydrogens (tertiary/aromatic N) is 6. The topological polar surface area (TPSA) is 50.1 Å². The minimum absolute atomic E-state index is 0.443. The van der Waals surface area contributed by atoms with E-state index in [1.807, 2.05) is 97.1 Å². The molecule has 0 aliphatic heterocycles. The van der Waals surface area contributed by atoms with Gasteiger partial charge in [-0.3, -0.25) is 14.4 Å². The molecule has 2 aromatic heterocycles. The smallest absolute Gasteiger partial charge is 0.241 e. The van der Waals surface area contributed by atoms with Crippen molar-refractivity contribution in [1.82, 2.24) is 19.5 Å². The second-order valence-electron chi connectivity index (χ2n) is 11.5.